The monoisotopic (exact) mass is 303 g/mol. The predicted octanol–water partition coefficient (Wildman–Crippen LogP) is 3.68. The van der Waals surface area contributed by atoms with Crippen LogP contribution in [0.4, 0.5) is 0 Å². The molecule has 1 aromatic carbocycles. The molecule has 106 valence electrons. The molecule has 0 fully saturated rings. The lowest BCUT2D eigenvalue weighted by atomic mass is 10.2. The van der Waals surface area contributed by atoms with Gasteiger partial charge in [0.15, 0.2) is 0 Å². The number of ether oxygens (including phenoxy) is 2. The first-order chi connectivity index (χ1) is 9.19. The average Bonchev–Trinajstić information content (AvgIpc) is 2.37. The summed E-state index contributed by atoms with van der Waals surface area (Å²) in [4.78, 5) is 0. The normalized spacial score (nSPS) is 10.5. The van der Waals surface area contributed by atoms with Gasteiger partial charge in [-0.1, -0.05) is 29.3 Å². The van der Waals surface area contributed by atoms with Gasteiger partial charge in [0.25, 0.3) is 0 Å². The minimum absolute atomic E-state index is 0.528. The quantitative estimate of drug-likeness (QED) is 0.557. The third-order valence-corrected chi connectivity index (χ3v) is 2.95. The van der Waals surface area contributed by atoms with Crippen LogP contribution in [0, 0.1) is 0 Å². The summed E-state index contributed by atoms with van der Waals surface area (Å²) in [5.41, 5.74) is 0.942. The summed E-state index contributed by atoms with van der Waals surface area (Å²) in [5, 5.41) is 4.37. The first-order valence-corrected chi connectivity index (χ1v) is 6.86. The van der Waals surface area contributed by atoms with Gasteiger partial charge in [-0.15, -0.1) is 6.58 Å². The zero-order chi connectivity index (χ0) is 14.1. The zero-order valence-electron chi connectivity index (χ0n) is 11.0. The van der Waals surface area contributed by atoms with Gasteiger partial charge in [-0.3, -0.25) is 0 Å². The zero-order valence-corrected chi connectivity index (χ0v) is 12.6. The van der Waals surface area contributed by atoms with E-state index in [9.17, 15) is 0 Å². The summed E-state index contributed by atoms with van der Waals surface area (Å²) in [6, 6.07) is 3.54. The van der Waals surface area contributed by atoms with Crippen LogP contribution in [0.15, 0.2) is 24.8 Å². The Labute approximate surface area is 124 Å². The molecule has 0 heterocycles. The molecule has 1 aromatic rings. The summed E-state index contributed by atoms with van der Waals surface area (Å²) < 4.78 is 10.7. The Balaban J connectivity index is 2.71. The van der Waals surface area contributed by atoms with E-state index in [4.69, 9.17) is 32.7 Å². The summed E-state index contributed by atoms with van der Waals surface area (Å²) >= 11 is 12.2. The lowest BCUT2D eigenvalue weighted by Gasteiger charge is -2.14. The van der Waals surface area contributed by atoms with Crippen LogP contribution in [0.2, 0.25) is 10.0 Å². The molecule has 0 saturated carbocycles. The number of hydrogen-bond acceptors (Lipinski definition) is 3. The molecule has 1 rings (SSSR count). The molecule has 19 heavy (non-hydrogen) atoms. The molecule has 0 aliphatic heterocycles. The van der Waals surface area contributed by atoms with E-state index >= 15 is 0 Å². The topological polar surface area (TPSA) is 30.5 Å². The Hall–Kier alpha value is -0.740. The van der Waals surface area contributed by atoms with Crippen LogP contribution < -0.4 is 10.1 Å². The summed E-state index contributed by atoms with van der Waals surface area (Å²) in [6.45, 7) is 6.25. The molecule has 0 saturated heterocycles. The van der Waals surface area contributed by atoms with Crippen LogP contribution in [0.3, 0.4) is 0 Å². The molecule has 0 unspecified atom stereocenters. The van der Waals surface area contributed by atoms with Crippen LogP contribution in [0.5, 0.6) is 5.75 Å². The molecule has 0 aliphatic carbocycles. The second-order valence-electron chi connectivity index (χ2n) is 3.97. The van der Waals surface area contributed by atoms with Crippen molar-refractivity contribution in [3.63, 3.8) is 0 Å². The maximum atomic E-state index is 6.17. The molecule has 1 N–H and O–H groups in total. The number of halogens is 2. The van der Waals surface area contributed by atoms with E-state index in [1.165, 1.54) is 0 Å². The van der Waals surface area contributed by atoms with Gasteiger partial charge in [-0.25, -0.2) is 0 Å². The Morgan fingerprint density at radius 3 is 2.79 bits per heavy atom. The Morgan fingerprint density at radius 1 is 1.32 bits per heavy atom. The van der Waals surface area contributed by atoms with Crippen molar-refractivity contribution in [3.8, 4) is 5.75 Å². The average molecular weight is 304 g/mol. The highest BCUT2D eigenvalue weighted by Crippen LogP contribution is 2.32. The molecule has 0 aliphatic rings. The molecular formula is C14H19Cl2NO2. The Bertz CT molecular complexity index is 411. The van der Waals surface area contributed by atoms with E-state index < -0.39 is 0 Å². The molecule has 0 bridgehead atoms. The standard InChI is InChI=1S/C14H19Cl2NO2/c1-3-4-6-19-14-11(10-17-5-7-18-2)8-12(15)9-13(14)16/h3,8-9,17H,1,4-7,10H2,2H3. The SMILES string of the molecule is C=CCCOc1c(Cl)cc(Cl)cc1CNCCOC. The fourth-order valence-electron chi connectivity index (χ4n) is 1.55. The van der Waals surface area contributed by atoms with E-state index in [1.807, 2.05) is 6.07 Å². The van der Waals surface area contributed by atoms with Gasteiger partial charge in [0.05, 0.1) is 18.2 Å². The van der Waals surface area contributed by atoms with Gasteiger partial charge < -0.3 is 14.8 Å². The van der Waals surface area contributed by atoms with Crippen molar-refractivity contribution in [1.29, 1.82) is 0 Å². The third kappa shape index (κ3) is 5.83. The molecule has 5 heteroatoms. The van der Waals surface area contributed by atoms with Crippen molar-refractivity contribution in [1.82, 2.24) is 5.32 Å². The smallest absolute Gasteiger partial charge is 0.142 e. The fourth-order valence-corrected chi connectivity index (χ4v) is 2.14. The predicted molar refractivity (Wildman–Crippen MR) is 80.4 cm³/mol. The number of benzene rings is 1. The van der Waals surface area contributed by atoms with Crippen molar-refractivity contribution < 1.29 is 9.47 Å². The second-order valence-corrected chi connectivity index (χ2v) is 4.81. The lowest BCUT2D eigenvalue weighted by molar-refractivity contribution is 0.199. The maximum Gasteiger partial charge on any atom is 0.142 e. The van der Waals surface area contributed by atoms with E-state index in [2.05, 4.69) is 11.9 Å². The fraction of sp³-hybridized carbons (Fsp3) is 0.429. The van der Waals surface area contributed by atoms with Gasteiger partial charge in [0, 0.05) is 30.8 Å². The first-order valence-electron chi connectivity index (χ1n) is 6.10. The Kier molecular flexibility index (Phi) is 7.91. The minimum atomic E-state index is 0.528. The largest absolute Gasteiger partial charge is 0.491 e. The van der Waals surface area contributed by atoms with Crippen LogP contribution in [0.25, 0.3) is 0 Å². The third-order valence-electron chi connectivity index (χ3n) is 2.45. The molecule has 0 amide bonds. The first kappa shape index (κ1) is 16.3. The van der Waals surface area contributed by atoms with Crippen molar-refractivity contribution in [2.24, 2.45) is 0 Å². The van der Waals surface area contributed by atoms with Crippen LogP contribution in [0.1, 0.15) is 12.0 Å². The molecule has 0 aromatic heterocycles. The number of methoxy groups -OCH3 is 1. The van der Waals surface area contributed by atoms with E-state index in [1.54, 1.807) is 19.3 Å². The number of rotatable bonds is 9. The molecular weight excluding hydrogens is 285 g/mol. The minimum Gasteiger partial charge on any atom is -0.491 e. The van der Waals surface area contributed by atoms with Crippen molar-refractivity contribution >= 4 is 23.2 Å². The second kappa shape index (κ2) is 9.21. The van der Waals surface area contributed by atoms with Crippen LogP contribution in [-0.4, -0.2) is 26.9 Å². The van der Waals surface area contributed by atoms with Crippen molar-refractivity contribution in [2.75, 3.05) is 26.9 Å². The maximum absolute atomic E-state index is 6.17. The highest BCUT2D eigenvalue weighted by Gasteiger charge is 2.10. The van der Waals surface area contributed by atoms with Gasteiger partial charge in [0.1, 0.15) is 5.75 Å². The molecule has 0 radical (unpaired) electrons. The van der Waals surface area contributed by atoms with Gasteiger partial charge >= 0.3 is 0 Å². The van der Waals surface area contributed by atoms with Crippen molar-refractivity contribution in [3.05, 3.63) is 40.4 Å². The summed E-state index contributed by atoms with van der Waals surface area (Å²) in [7, 11) is 1.67. The summed E-state index contributed by atoms with van der Waals surface area (Å²) in [5.74, 6) is 0.679. The highest BCUT2D eigenvalue weighted by atomic mass is 35.5. The van der Waals surface area contributed by atoms with E-state index in [0.717, 1.165) is 18.5 Å². The van der Waals surface area contributed by atoms with Gasteiger partial charge in [-0.2, -0.15) is 0 Å². The van der Waals surface area contributed by atoms with E-state index in [-0.39, 0.29) is 0 Å². The highest BCUT2D eigenvalue weighted by molar-refractivity contribution is 6.35. The number of hydrogen-bond donors (Lipinski definition) is 1. The van der Waals surface area contributed by atoms with Gasteiger partial charge in [0.2, 0.25) is 0 Å². The van der Waals surface area contributed by atoms with Crippen LogP contribution in [-0.2, 0) is 11.3 Å². The van der Waals surface area contributed by atoms with E-state index in [0.29, 0.717) is 35.6 Å². The van der Waals surface area contributed by atoms with Crippen LogP contribution >= 0.6 is 23.2 Å². The van der Waals surface area contributed by atoms with Crippen molar-refractivity contribution in [2.45, 2.75) is 13.0 Å². The lowest BCUT2D eigenvalue weighted by Crippen LogP contribution is -2.19. The Morgan fingerprint density at radius 2 is 2.11 bits per heavy atom. The summed E-state index contributed by atoms with van der Waals surface area (Å²) in [6.07, 6.45) is 2.58. The van der Waals surface area contributed by atoms with Gasteiger partial charge in [-0.05, 0) is 18.6 Å². The molecule has 0 spiro atoms. The molecule has 0 atom stereocenters. The molecule has 3 nitrogen and oxygen atoms in total. The number of nitrogens with one attached hydrogen (secondary N) is 1.